The number of hydrogen-bond acceptors (Lipinski definition) is 5. The fourth-order valence-corrected chi connectivity index (χ4v) is 2.33. The van der Waals surface area contributed by atoms with Gasteiger partial charge in [0.25, 0.3) is 0 Å². The normalized spacial score (nSPS) is 11.0. The zero-order valence-electron chi connectivity index (χ0n) is 12.7. The van der Waals surface area contributed by atoms with Crippen LogP contribution >= 0.6 is 0 Å². The van der Waals surface area contributed by atoms with Crippen molar-refractivity contribution in [2.24, 2.45) is 5.73 Å². The molecule has 0 bridgehead atoms. The molecule has 2 rings (SSSR count). The lowest BCUT2D eigenvalue weighted by Gasteiger charge is -2.04. The summed E-state index contributed by atoms with van der Waals surface area (Å²) in [7, 11) is 0. The summed E-state index contributed by atoms with van der Waals surface area (Å²) in [5.74, 6) is 1.57. The van der Waals surface area contributed by atoms with Crippen LogP contribution in [0, 0.1) is 13.8 Å². The van der Waals surface area contributed by atoms with E-state index in [1.54, 1.807) is 0 Å². The van der Waals surface area contributed by atoms with Crippen molar-refractivity contribution in [3.63, 3.8) is 0 Å². The van der Waals surface area contributed by atoms with Crippen LogP contribution in [0.2, 0.25) is 0 Å². The van der Waals surface area contributed by atoms with E-state index in [-0.39, 0.29) is 0 Å². The van der Waals surface area contributed by atoms with E-state index in [1.165, 1.54) is 0 Å². The molecule has 1 aromatic carbocycles. The smallest absolute Gasteiger partial charge is 0.226 e. The zero-order valence-corrected chi connectivity index (χ0v) is 12.7. The van der Waals surface area contributed by atoms with Crippen LogP contribution in [0.4, 0.5) is 0 Å². The third-order valence-corrected chi connectivity index (χ3v) is 3.56. The molecule has 0 aliphatic rings. The maximum atomic E-state index is 9.80. The van der Waals surface area contributed by atoms with Crippen LogP contribution in [0.15, 0.2) is 16.7 Å². The first-order valence-electron chi connectivity index (χ1n) is 7.45. The number of unbranched alkanes of at least 4 members (excludes halogenated alkanes) is 3. The van der Waals surface area contributed by atoms with Crippen LogP contribution in [0.3, 0.4) is 0 Å². The first-order valence-corrected chi connectivity index (χ1v) is 7.45. The first kappa shape index (κ1) is 15.5. The number of benzene rings is 1. The van der Waals surface area contributed by atoms with E-state index in [9.17, 15) is 5.11 Å². The standard InChI is InChI=1S/C16H23N3O2/c1-11-9-13(10-12(2)15(11)20)16-18-14(21-19-16)7-5-3-4-6-8-17/h9-10,20H,3-8,17H2,1-2H3. The molecular formula is C16H23N3O2. The molecule has 0 saturated heterocycles. The highest BCUT2D eigenvalue weighted by atomic mass is 16.5. The summed E-state index contributed by atoms with van der Waals surface area (Å²) in [4.78, 5) is 4.43. The molecule has 0 fully saturated rings. The maximum absolute atomic E-state index is 9.80. The topological polar surface area (TPSA) is 85.2 Å². The quantitative estimate of drug-likeness (QED) is 0.765. The second-order valence-corrected chi connectivity index (χ2v) is 5.42. The van der Waals surface area contributed by atoms with E-state index in [4.69, 9.17) is 10.3 Å². The fourth-order valence-electron chi connectivity index (χ4n) is 2.33. The van der Waals surface area contributed by atoms with Gasteiger partial charge in [0.1, 0.15) is 5.75 Å². The van der Waals surface area contributed by atoms with Crippen LogP contribution in [0.25, 0.3) is 11.4 Å². The van der Waals surface area contributed by atoms with E-state index in [1.807, 2.05) is 26.0 Å². The molecule has 0 spiro atoms. The number of phenols is 1. The van der Waals surface area contributed by atoms with Crippen LogP contribution in [0.5, 0.6) is 5.75 Å². The highest BCUT2D eigenvalue weighted by Gasteiger charge is 2.11. The summed E-state index contributed by atoms with van der Waals surface area (Å²) in [5.41, 5.74) is 7.98. The van der Waals surface area contributed by atoms with Crippen molar-refractivity contribution in [3.05, 3.63) is 29.2 Å². The van der Waals surface area contributed by atoms with E-state index in [0.29, 0.717) is 17.5 Å². The van der Waals surface area contributed by atoms with Crippen molar-refractivity contribution in [2.45, 2.75) is 46.0 Å². The van der Waals surface area contributed by atoms with Gasteiger partial charge in [-0.25, -0.2) is 0 Å². The highest BCUT2D eigenvalue weighted by Crippen LogP contribution is 2.27. The molecular weight excluding hydrogens is 266 g/mol. The number of hydrogen-bond donors (Lipinski definition) is 2. The number of phenolic OH excluding ortho intramolecular Hbond substituents is 1. The number of nitrogens with two attached hydrogens (primary N) is 1. The summed E-state index contributed by atoms with van der Waals surface area (Å²) in [6, 6.07) is 3.75. The Kier molecular flexibility index (Phi) is 5.33. The minimum atomic E-state index is 0.322. The average Bonchev–Trinajstić information content (AvgIpc) is 2.93. The molecule has 1 heterocycles. The molecule has 5 heteroatoms. The molecule has 0 aliphatic heterocycles. The molecule has 0 atom stereocenters. The Labute approximate surface area is 125 Å². The van der Waals surface area contributed by atoms with Crippen molar-refractivity contribution in [1.29, 1.82) is 0 Å². The molecule has 0 radical (unpaired) electrons. The van der Waals surface area contributed by atoms with Gasteiger partial charge in [0.05, 0.1) is 0 Å². The van der Waals surface area contributed by atoms with Gasteiger partial charge in [0, 0.05) is 12.0 Å². The molecule has 2 aromatic rings. The van der Waals surface area contributed by atoms with Crippen LogP contribution in [-0.4, -0.2) is 21.8 Å². The summed E-state index contributed by atoms with van der Waals surface area (Å²) in [6.07, 6.45) is 5.18. The van der Waals surface area contributed by atoms with Crippen LogP contribution in [-0.2, 0) is 6.42 Å². The van der Waals surface area contributed by atoms with Gasteiger partial charge < -0.3 is 15.4 Å². The van der Waals surface area contributed by atoms with Gasteiger partial charge in [-0.2, -0.15) is 4.98 Å². The van der Waals surface area contributed by atoms with Crippen LogP contribution < -0.4 is 5.73 Å². The Bertz CT molecular complexity index is 570. The number of aromatic hydroxyl groups is 1. The van der Waals surface area contributed by atoms with Crippen molar-refractivity contribution >= 4 is 0 Å². The third-order valence-electron chi connectivity index (χ3n) is 3.56. The SMILES string of the molecule is Cc1cc(-c2noc(CCCCCCN)n2)cc(C)c1O. The number of nitrogens with zero attached hydrogens (tertiary/aromatic N) is 2. The van der Waals surface area contributed by atoms with Gasteiger partial charge in [0.15, 0.2) is 0 Å². The largest absolute Gasteiger partial charge is 0.507 e. The third kappa shape index (κ3) is 4.04. The van der Waals surface area contributed by atoms with Crippen molar-refractivity contribution in [1.82, 2.24) is 10.1 Å². The predicted octanol–water partition coefficient (Wildman–Crippen LogP) is 3.12. The summed E-state index contributed by atoms with van der Waals surface area (Å²) in [5, 5.41) is 13.8. The molecule has 5 nitrogen and oxygen atoms in total. The van der Waals surface area contributed by atoms with Gasteiger partial charge in [-0.05, 0) is 56.5 Å². The van der Waals surface area contributed by atoms with E-state index in [2.05, 4.69) is 10.1 Å². The van der Waals surface area contributed by atoms with E-state index < -0.39 is 0 Å². The zero-order chi connectivity index (χ0) is 15.2. The average molecular weight is 289 g/mol. The molecule has 0 saturated carbocycles. The molecule has 21 heavy (non-hydrogen) atoms. The highest BCUT2D eigenvalue weighted by molar-refractivity contribution is 5.60. The Hall–Kier alpha value is -1.88. The number of rotatable bonds is 7. The summed E-state index contributed by atoms with van der Waals surface area (Å²) < 4.78 is 5.29. The predicted molar refractivity (Wildman–Crippen MR) is 82.1 cm³/mol. The Morgan fingerprint density at radius 1 is 1.10 bits per heavy atom. The lowest BCUT2D eigenvalue weighted by molar-refractivity contribution is 0.374. The molecule has 3 N–H and O–H groups in total. The first-order chi connectivity index (χ1) is 10.1. The van der Waals surface area contributed by atoms with Crippen molar-refractivity contribution < 1.29 is 9.63 Å². The minimum Gasteiger partial charge on any atom is -0.507 e. The van der Waals surface area contributed by atoms with Gasteiger partial charge in [-0.1, -0.05) is 18.0 Å². The van der Waals surface area contributed by atoms with E-state index in [0.717, 1.165) is 55.3 Å². The molecule has 0 amide bonds. The maximum Gasteiger partial charge on any atom is 0.226 e. The molecule has 1 aromatic heterocycles. The number of aryl methyl sites for hydroxylation is 3. The number of aromatic nitrogens is 2. The fraction of sp³-hybridized carbons (Fsp3) is 0.500. The van der Waals surface area contributed by atoms with Crippen molar-refractivity contribution in [2.75, 3.05) is 6.54 Å². The lowest BCUT2D eigenvalue weighted by atomic mass is 10.1. The Morgan fingerprint density at radius 3 is 2.43 bits per heavy atom. The minimum absolute atomic E-state index is 0.322. The molecule has 0 aliphatic carbocycles. The molecule has 0 unspecified atom stereocenters. The van der Waals surface area contributed by atoms with Gasteiger partial charge in [-0.3, -0.25) is 0 Å². The molecule has 114 valence electrons. The van der Waals surface area contributed by atoms with Gasteiger partial charge in [-0.15, -0.1) is 0 Å². The monoisotopic (exact) mass is 289 g/mol. The summed E-state index contributed by atoms with van der Waals surface area (Å²) >= 11 is 0. The second kappa shape index (κ2) is 7.22. The second-order valence-electron chi connectivity index (χ2n) is 5.42. The summed E-state index contributed by atoms with van der Waals surface area (Å²) in [6.45, 7) is 4.48. The van der Waals surface area contributed by atoms with E-state index >= 15 is 0 Å². The van der Waals surface area contributed by atoms with Crippen molar-refractivity contribution in [3.8, 4) is 17.1 Å². The van der Waals surface area contributed by atoms with Crippen LogP contribution in [0.1, 0.15) is 42.7 Å². The van der Waals surface area contributed by atoms with Gasteiger partial charge in [0.2, 0.25) is 11.7 Å². The van der Waals surface area contributed by atoms with Gasteiger partial charge >= 0.3 is 0 Å². The Balaban J connectivity index is 1.99. The Morgan fingerprint density at radius 2 is 1.76 bits per heavy atom. The lowest BCUT2D eigenvalue weighted by Crippen LogP contribution is -1.97.